The number of nitrogens with one attached hydrogen (secondary N) is 2. The summed E-state index contributed by atoms with van der Waals surface area (Å²) in [5.74, 6) is 0.0204. The molecule has 0 aromatic heterocycles. The molecule has 3 rings (SSSR count). The van der Waals surface area contributed by atoms with E-state index in [0.717, 1.165) is 38.3 Å². The van der Waals surface area contributed by atoms with E-state index in [9.17, 15) is 14.5 Å². The van der Waals surface area contributed by atoms with Crippen molar-refractivity contribution in [3.05, 3.63) is 34.1 Å². The minimum atomic E-state index is -0.459. The predicted octanol–water partition coefficient (Wildman–Crippen LogP) is 3.07. The minimum Gasteiger partial charge on any atom is -0.376 e. The number of halogens is 1. The van der Waals surface area contributed by atoms with Gasteiger partial charge in [0, 0.05) is 24.2 Å². The Balaban J connectivity index is 1.79. The summed E-state index contributed by atoms with van der Waals surface area (Å²) in [6, 6.07) is 4.26. The van der Waals surface area contributed by atoms with Gasteiger partial charge in [0.05, 0.1) is 4.92 Å². The van der Waals surface area contributed by atoms with Gasteiger partial charge in [-0.05, 0) is 44.2 Å². The number of nitro benzene ring substituents is 1. The summed E-state index contributed by atoms with van der Waals surface area (Å²) >= 11 is 0. The molecule has 1 heterocycles. The number of benzene rings is 1. The van der Waals surface area contributed by atoms with Gasteiger partial charge >= 0.3 is 0 Å². The largest absolute Gasteiger partial charge is 0.376 e. The van der Waals surface area contributed by atoms with Crippen molar-refractivity contribution in [3.8, 4) is 0 Å². The molecule has 1 saturated heterocycles. The Labute approximate surface area is 123 Å². The summed E-state index contributed by atoms with van der Waals surface area (Å²) in [4.78, 5) is 10.6. The SMILES string of the molecule is O=[N+]([O-])c1ccc(F)cc1NC1CCCC1C1CCCN1. The van der Waals surface area contributed by atoms with Crippen LogP contribution in [0.15, 0.2) is 18.2 Å². The van der Waals surface area contributed by atoms with Gasteiger partial charge in [-0.15, -0.1) is 0 Å². The Bertz CT molecular complexity index is 532. The van der Waals surface area contributed by atoms with Crippen LogP contribution in [0.3, 0.4) is 0 Å². The molecule has 1 aliphatic carbocycles. The lowest BCUT2D eigenvalue weighted by atomic mass is 9.93. The van der Waals surface area contributed by atoms with Gasteiger partial charge in [0.25, 0.3) is 5.69 Å². The van der Waals surface area contributed by atoms with Crippen LogP contribution in [0.1, 0.15) is 32.1 Å². The summed E-state index contributed by atoms with van der Waals surface area (Å²) in [5, 5.41) is 17.8. The quantitative estimate of drug-likeness (QED) is 0.661. The molecule has 5 nitrogen and oxygen atoms in total. The van der Waals surface area contributed by atoms with Crippen LogP contribution in [-0.4, -0.2) is 23.6 Å². The van der Waals surface area contributed by atoms with E-state index in [2.05, 4.69) is 10.6 Å². The molecule has 0 amide bonds. The molecule has 0 bridgehead atoms. The van der Waals surface area contributed by atoms with E-state index in [1.165, 1.54) is 18.6 Å². The first kappa shape index (κ1) is 14.3. The number of hydrogen-bond donors (Lipinski definition) is 2. The zero-order chi connectivity index (χ0) is 14.8. The summed E-state index contributed by atoms with van der Waals surface area (Å²) in [7, 11) is 0. The molecule has 6 heteroatoms. The lowest BCUT2D eigenvalue weighted by molar-refractivity contribution is -0.384. The van der Waals surface area contributed by atoms with Crippen molar-refractivity contribution in [1.82, 2.24) is 5.32 Å². The zero-order valence-corrected chi connectivity index (χ0v) is 11.8. The van der Waals surface area contributed by atoms with Gasteiger partial charge in [0.2, 0.25) is 0 Å². The minimum absolute atomic E-state index is 0.0542. The fourth-order valence-corrected chi connectivity index (χ4v) is 3.71. The number of nitrogens with zero attached hydrogens (tertiary/aromatic N) is 1. The van der Waals surface area contributed by atoms with Crippen molar-refractivity contribution < 1.29 is 9.31 Å². The summed E-state index contributed by atoms with van der Waals surface area (Å²) < 4.78 is 13.4. The van der Waals surface area contributed by atoms with E-state index in [-0.39, 0.29) is 11.7 Å². The van der Waals surface area contributed by atoms with Crippen molar-refractivity contribution in [2.75, 3.05) is 11.9 Å². The Morgan fingerprint density at radius 1 is 1.29 bits per heavy atom. The molecule has 0 radical (unpaired) electrons. The van der Waals surface area contributed by atoms with Crippen molar-refractivity contribution in [3.63, 3.8) is 0 Å². The third-order valence-electron chi connectivity index (χ3n) is 4.68. The van der Waals surface area contributed by atoms with Crippen LogP contribution >= 0.6 is 0 Å². The highest BCUT2D eigenvalue weighted by molar-refractivity contribution is 5.62. The van der Waals surface area contributed by atoms with Crippen molar-refractivity contribution in [2.45, 2.75) is 44.2 Å². The monoisotopic (exact) mass is 293 g/mol. The predicted molar refractivity (Wildman–Crippen MR) is 78.8 cm³/mol. The van der Waals surface area contributed by atoms with Crippen LogP contribution in [0.2, 0.25) is 0 Å². The van der Waals surface area contributed by atoms with E-state index < -0.39 is 10.7 Å². The maximum absolute atomic E-state index is 13.4. The normalized spacial score (nSPS) is 28.7. The summed E-state index contributed by atoms with van der Waals surface area (Å²) in [5.41, 5.74) is 0.247. The Kier molecular flexibility index (Phi) is 4.05. The molecule has 2 aliphatic rings. The second-order valence-electron chi connectivity index (χ2n) is 5.97. The van der Waals surface area contributed by atoms with Gasteiger partial charge in [-0.3, -0.25) is 10.1 Å². The van der Waals surface area contributed by atoms with E-state index in [1.807, 2.05) is 0 Å². The molecule has 2 fully saturated rings. The molecule has 3 unspecified atom stereocenters. The molecule has 0 spiro atoms. The van der Waals surface area contributed by atoms with Crippen LogP contribution in [-0.2, 0) is 0 Å². The van der Waals surface area contributed by atoms with E-state index >= 15 is 0 Å². The summed E-state index contributed by atoms with van der Waals surface area (Å²) in [6.07, 6.45) is 5.57. The molecule has 1 aromatic rings. The first-order valence-electron chi connectivity index (χ1n) is 7.59. The maximum atomic E-state index is 13.4. The van der Waals surface area contributed by atoms with E-state index in [0.29, 0.717) is 17.6 Å². The molecule has 3 atom stereocenters. The molecule has 1 saturated carbocycles. The molecule has 2 N–H and O–H groups in total. The van der Waals surface area contributed by atoms with Gasteiger partial charge in [-0.25, -0.2) is 4.39 Å². The molecular weight excluding hydrogens is 273 g/mol. The molecule has 114 valence electrons. The average Bonchev–Trinajstić information content (AvgIpc) is 3.08. The zero-order valence-electron chi connectivity index (χ0n) is 11.8. The van der Waals surface area contributed by atoms with Crippen LogP contribution in [0.5, 0.6) is 0 Å². The van der Waals surface area contributed by atoms with Gasteiger partial charge < -0.3 is 10.6 Å². The Morgan fingerprint density at radius 2 is 2.14 bits per heavy atom. The first-order chi connectivity index (χ1) is 10.1. The highest BCUT2D eigenvalue weighted by atomic mass is 19.1. The van der Waals surface area contributed by atoms with Crippen molar-refractivity contribution in [2.24, 2.45) is 5.92 Å². The standard InChI is InChI=1S/C15H20FN3O2/c16-10-6-7-15(19(20)21)14(9-10)18-13-4-1-3-11(13)12-5-2-8-17-12/h6-7,9,11-13,17-18H,1-5,8H2. The van der Waals surface area contributed by atoms with Crippen LogP contribution in [0, 0.1) is 21.8 Å². The molecular formula is C15H20FN3O2. The average molecular weight is 293 g/mol. The van der Waals surface area contributed by atoms with Crippen LogP contribution in [0.25, 0.3) is 0 Å². The molecule has 21 heavy (non-hydrogen) atoms. The van der Waals surface area contributed by atoms with E-state index in [4.69, 9.17) is 0 Å². The molecule has 1 aliphatic heterocycles. The van der Waals surface area contributed by atoms with Gasteiger partial charge in [-0.2, -0.15) is 0 Å². The lowest BCUT2D eigenvalue weighted by Gasteiger charge is -2.27. The third-order valence-corrected chi connectivity index (χ3v) is 4.68. The van der Waals surface area contributed by atoms with Gasteiger partial charge in [0.1, 0.15) is 11.5 Å². The van der Waals surface area contributed by atoms with Gasteiger partial charge in [-0.1, -0.05) is 6.42 Å². The lowest BCUT2D eigenvalue weighted by Crippen LogP contribution is -2.38. The van der Waals surface area contributed by atoms with Gasteiger partial charge in [0.15, 0.2) is 0 Å². The first-order valence-corrected chi connectivity index (χ1v) is 7.59. The van der Waals surface area contributed by atoms with E-state index in [1.54, 1.807) is 0 Å². The second kappa shape index (κ2) is 5.97. The Hall–Kier alpha value is -1.69. The second-order valence-corrected chi connectivity index (χ2v) is 5.97. The number of nitro groups is 1. The van der Waals surface area contributed by atoms with Crippen molar-refractivity contribution in [1.29, 1.82) is 0 Å². The number of rotatable bonds is 4. The smallest absolute Gasteiger partial charge is 0.292 e. The maximum Gasteiger partial charge on any atom is 0.292 e. The highest BCUT2D eigenvalue weighted by Gasteiger charge is 2.35. The molecule has 1 aromatic carbocycles. The number of hydrogen-bond acceptors (Lipinski definition) is 4. The number of anilines is 1. The topological polar surface area (TPSA) is 67.2 Å². The van der Waals surface area contributed by atoms with Crippen LogP contribution < -0.4 is 10.6 Å². The fourth-order valence-electron chi connectivity index (χ4n) is 3.71. The third kappa shape index (κ3) is 3.00. The highest BCUT2D eigenvalue weighted by Crippen LogP contribution is 2.36. The van der Waals surface area contributed by atoms with Crippen LogP contribution in [0.4, 0.5) is 15.8 Å². The van der Waals surface area contributed by atoms with Crippen molar-refractivity contribution >= 4 is 11.4 Å². The Morgan fingerprint density at radius 3 is 2.86 bits per heavy atom. The summed E-state index contributed by atoms with van der Waals surface area (Å²) in [6.45, 7) is 1.05. The fraction of sp³-hybridized carbons (Fsp3) is 0.600.